The zero-order valence-electron chi connectivity index (χ0n) is 8.37. The molecule has 0 bridgehead atoms. The van der Waals surface area contributed by atoms with Crippen LogP contribution in [0.2, 0.25) is 0 Å². The highest BCUT2D eigenvalue weighted by Crippen LogP contribution is 2.24. The molecule has 16 heavy (non-hydrogen) atoms. The largest absolute Gasteiger partial charge is 0.507 e. The predicted molar refractivity (Wildman–Crippen MR) is 55.1 cm³/mol. The number of carboxylic acid groups (broad SMARTS) is 1. The Bertz CT molecular complexity index is 393. The van der Waals surface area contributed by atoms with E-state index in [0.29, 0.717) is 0 Å². The van der Waals surface area contributed by atoms with E-state index in [1.807, 2.05) is 0 Å². The molecule has 88 valence electrons. The highest BCUT2D eigenvalue weighted by Gasteiger charge is 2.19. The molecule has 2 atom stereocenters. The van der Waals surface area contributed by atoms with Crippen LogP contribution in [0.1, 0.15) is 22.0 Å². The fourth-order valence-electron chi connectivity index (χ4n) is 1.26. The van der Waals surface area contributed by atoms with E-state index < -0.39 is 23.9 Å². The molecule has 0 spiro atoms. The van der Waals surface area contributed by atoms with E-state index in [2.05, 4.69) is 0 Å². The van der Waals surface area contributed by atoms with Gasteiger partial charge >= 0.3 is 5.97 Å². The molecule has 0 fully saturated rings. The van der Waals surface area contributed by atoms with Crippen LogP contribution in [0.5, 0.6) is 5.75 Å². The molecule has 6 heteroatoms. The molecule has 1 rings (SSSR count). The van der Waals surface area contributed by atoms with Crippen molar-refractivity contribution in [1.29, 1.82) is 0 Å². The zero-order chi connectivity index (χ0) is 12.3. The van der Waals surface area contributed by atoms with Crippen molar-refractivity contribution in [2.75, 3.05) is 6.54 Å². The van der Waals surface area contributed by atoms with Crippen LogP contribution in [0.3, 0.4) is 0 Å². The maximum Gasteiger partial charge on any atom is 0.339 e. The molecule has 6 nitrogen and oxygen atoms in total. The molecule has 0 saturated heterocycles. The van der Waals surface area contributed by atoms with Crippen LogP contribution in [0.25, 0.3) is 0 Å². The standard InChI is InChI=1S/C10H13NO5/c11-4-8(13)9(14)5-1-2-6(10(15)16)7(12)3-5/h1-3,8-9,12-14H,4,11H2,(H,15,16). The minimum absolute atomic E-state index is 0.136. The molecule has 2 unspecified atom stereocenters. The van der Waals surface area contributed by atoms with Crippen molar-refractivity contribution >= 4 is 5.97 Å². The summed E-state index contributed by atoms with van der Waals surface area (Å²) in [7, 11) is 0. The van der Waals surface area contributed by atoms with E-state index in [9.17, 15) is 20.1 Å². The van der Waals surface area contributed by atoms with Gasteiger partial charge in [0, 0.05) is 6.54 Å². The van der Waals surface area contributed by atoms with Crippen LogP contribution in [0.4, 0.5) is 0 Å². The fraction of sp³-hybridized carbons (Fsp3) is 0.300. The number of phenols is 1. The van der Waals surface area contributed by atoms with Crippen molar-refractivity contribution in [1.82, 2.24) is 0 Å². The predicted octanol–water partition coefficient (Wildman–Crippen LogP) is -0.557. The van der Waals surface area contributed by atoms with Gasteiger partial charge in [0.2, 0.25) is 0 Å². The molecule has 0 aromatic heterocycles. The Labute approximate surface area is 91.6 Å². The lowest BCUT2D eigenvalue weighted by atomic mass is 10.0. The Balaban J connectivity index is 3.01. The molecule has 0 heterocycles. The average molecular weight is 227 g/mol. The summed E-state index contributed by atoms with van der Waals surface area (Å²) in [6.45, 7) is -0.136. The zero-order valence-corrected chi connectivity index (χ0v) is 8.37. The van der Waals surface area contributed by atoms with Gasteiger partial charge in [-0.15, -0.1) is 0 Å². The number of hydrogen-bond acceptors (Lipinski definition) is 5. The second-order valence-corrected chi connectivity index (χ2v) is 3.33. The Morgan fingerprint density at radius 1 is 1.38 bits per heavy atom. The number of aliphatic hydroxyl groups is 2. The number of aromatic carboxylic acids is 1. The first-order chi connectivity index (χ1) is 7.47. The highest BCUT2D eigenvalue weighted by atomic mass is 16.4. The quantitative estimate of drug-likeness (QED) is 0.470. The second kappa shape index (κ2) is 4.93. The van der Waals surface area contributed by atoms with Gasteiger partial charge in [0.15, 0.2) is 0 Å². The smallest absolute Gasteiger partial charge is 0.339 e. The average Bonchev–Trinajstić information content (AvgIpc) is 2.26. The fourth-order valence-corrected chi connectivity index (χ4v) is 1.26. The van der Waals surface area contributed by atoms with E-state index in [1.54, 1.807) is 0 Å². The molecule has 1 aromatic carbocycles. The van der Waals surface area contributed by atoms with Crippen LogP contribution in [0, 0.1) is 0 Å². The van der Waals surface area contributed by atoms with E-state index in [1.165, 1.54) is 6.07 Å². The van der Waals surface area contributed by atoms with Gasteiger partial charge in [-0.05, 0) is 17.7 Å². The minimum atomic E-state index is -1.27. The molecule has 0 aliphatic rings. The van der Waals surface area contributed by atoms with Gasteiger partial charge in [-0.3, -0.25) is 0 Å². The first-order valence-corrected chi connectivity index (χ1v) is 4.59. The number of rotatable bonds is 4. The van der Waals surface area contributed by atoms with Crippen molar-refractivity contribution in [3.63, 3.8) is 0 Å². The first kappa shape index (κ1) is 12.4. The lowest BCUT2D eigenvalue weighted by molar-refractivity contribution is 0.0242. The van der Waals surface area contributed by atoms with Gasteiger partial charge in [0.25, 0.3) is 0 Å². The van der Waals surface area contributed by atoms with Gasteiger partial charge in [-0.2, -0.15) is 0 Å². The molecule has 0 aliphatic carbocycles. The summed E-state index contributed by atoms with van der Waals surface area (Å²) in [5.41, 5.74) is 5.10. The van der Waals surface area contributed by atoms with Gasteiger partial charge in [0.05, 0.1) is 6.10 Å². The normalized spacial score (nSPS) is 14.4. The molecular formula is C10H13NO5. The SMILES string of the molecule is NCC(O)C(O)c1ccc(C(=O)O)c(O)c1. The number of carboxylic acids is 1. The molecule has 6 N–H and O–H groups in total. The number of benzene rings is 1. The number of carbonyl (C=O) groups is 1. The summed E-state index contributed by atoms with van der Waals surface area (Å²) >= 11 is 0. The maximum absolute atomic E-state index is 10.6. The van der Waals surface area contributed by atoms with E-state index >= 15 is 0 Å². The van der Waals surface area contributed by atoms with Crippen LogP contribution in [0.15, 0.2) is 18.2 Å². The summed E-state index contributed by atoms with van der Waals surface area (Å²) < 4.78 is 0. The topological polar surface area (TPSA) is 124 Å². The molecular weight excluding hydrogens is 214 g/mol. The van der Waals surface area contributed by atoms with Crippen molar-refractivity contribution in [2.45, 2.75) is 12.2 Å². The Hall–Kier alpha value is -1.63. The Morgan fingerprint density at radius 3 is 2.44 bits per heavy atom. The number of nitrogens with two attached hydrogens (primary N) is 1. The summed E-state index contributed by atoms with van der Waals surface area (Å²) in [5, 5.41) is 36.8. The molecule has 0 saturated carbocycles. The monoisotopic (exact) mass is 227 g/mol. The van der Waals surface area contributed by atoms with Gasteiger partial charge in [0.1, 0.15) is 17.4 Å². The summed E-state index contributed by atoms with van der Waals surface area (Å²) in [4.78, 5) is 10.6. The van der Waals surface area contributed by atoms with Crippen LogP contribution in [-0.4, -0.2) is 39.0 Å². The van der Waals surface area contributed by atoms with Crippen molar-refractivity contribution in [2.24, 2.45) is 5.73 Å². The van der Waals surface area contributed by atoms with Crippen molar-refractivity contribution in [3.8, 4) is 5.75 Å². The molecule has 0 radical (unpaired) electrons. The third-order valence-corrected chi connectivity index (χ3v) is 2.20. The number of aliphatic hydroxyl groups excluding tert-OH is 2. The molecule has 0 aliphatic heterocycles. The minimum Gasteiger partial charge on any atom is -0.507 e. The van der Waals surface area contributed by atoms with Crippen molar-refractivity contribution < 1.29 is 25.2 Å². The van der Waals surface area contributed by atoms with E-state index in [-0.39, 0.29) is 17.7 Å². The Kier molecular flexibility index (Phi) is 3.83. The second-order valence-electron chi connectivity index (χ2n) is 3.33. The number of aromatic hydroxyl groups is 1. The molecule has 1 aromatic rings. The number of hydrogen-bond donors (Lipinski definition) is 5. The lowest BCUT2D eigenvalue weighted by Crippen LogP contribution is -2.27. The van der Waals surface area contributed by atoms with E-state index in [4.69, 9.17) is 10.8 Å². The summed E-state index contributed by atoms with van der Waals surface area (Å²) in [6, 6.07) is 3.55. The third kappa shape index (κ3) is 2.48. The van der Waals surface area contributed by atoms with Gasteiger partial charge in [-0.1, -0.05) is 6.07 Å². The van der Waals surface area contributed by atoms with E-state index in [0.717, 1.165) is 12.1 Å². The third-order valence-electron chi connectivity index (χ3n) is 2.20. The van der Waals surface area contributed by atoms with Crippen molar-refractivity contribution in [3.05, 3.63) is 29.3 Å². The highest BCUT2D eigenvalue weighted by molar-refractivity contribution is 5.90. The van der Waals surface area contributed by atoms with Gasteiger partial charge in [-0.25, -0.2) is 4.79 Å². The van der Waals surface area contributed by atoms with Crippen LogP contribution < -0.4 is 5.73 Å². The summed E-state index contributed by atoms with van der Waals surface area (Å²) in [6.07, 6.45) is -2.41. The summed E-state index contributed by atoms with van der Waals surface area (Å²) in [5.74, 6) is -1.73. The lowest BCUT2D eigenvalue weighted by Gasteiger charge is -2.16. The maximum atomic E-state index is 10.6. The van der Waals surface area contributed by atoms with Crippen LogP contribution >= 0.6 is 0 Å². The molecule has 0 amide bonds. The van der Waals surface area contributed by atoms with Gasteiger partial charge < -0.3 is 26.2 Å². The Morgan fingerprint density at radius 2 is 2.00 bits per heavy atom. The van der Waals surface area contributed by atoms with Crippen LogP contribution in [-0.2, 0) is 0 Å². The first-order valence-electron chi connectivity index (χ1n) is 4.59.